The van der Waals surface area contributed by atoms with Crippen LogP contribution in [0, 0.1) is 0 Å². The fourth-order valence-corrected chi connectivity index (χ4v) is 2.24. The van der Waals surface area contributed by atoms with Gasteiger partial charge in [0.1, 0.15) is 5.02 Å². The number of halogens is 1. The normalized spacial score (nSPS) is 10.7. The van der Waals surface area contributed by atoms with Gasteiger partial charge in [0.15, 0.2) is 0 Å². The van der Waals surface area contributed by atoms with Crippen LogP contribution >= 0.6 is 11.6 Å². The van der Waals surface area contributed by atoms with Crippen molar-refractivity contribution in [2.75, 3.05) is 0 Å². The van der Waals surface area contributed by atoms with Gasteiger partial charge in [0, 0.05) is 17.1 Å². The van der Waals surface area contributed by atoms with Crippen LogP contribution in [0.2, 0.25) is 5.02 Å². The Hall–Kier alpha value is -2.06. The second kappa shape index (κ2) is 4.31. The summed E-state index contributed by atoms with van der Waals surface area (Å²) in [7, 11) is 0. The van der Waals surface area contributed by atoms with Gasteiger partial charge in [-0.15, -0.1) is 0 Å². The molecular weight excluding hydrogens is 246 g/mol. The van der Waals surface area contributed by atoms with Crippen molar-refractivity contribution in [2.45, 2.75) is 0 Å². The Labute approximate surface area is 109 Å². The third-order valence-electron chi connectivity index (χ3n) is 2.95. The van der Waals surface area contributed by atoms with E-state index in [4.69, 9.17) is 11.6 Å². The zero-order valence-corrected chi connectivity index (χ0v) is 10.2. The molecule has 0 aliphatic carbocycles. The number of nitrogens with one attached hydrogen (secondary N) is 1. The van der Waals surface area contributed by atoms with E-state index in [1.54, 1.807) is 12.3 Å². The lowest BCUT2D eigenvalue weighted by molar-refractivity contribution is 1.39. The smallest absolute Gasteiger partial charge is 0.207 e. The first-order valence-electron chi connectivity index (χ1n) is 5.63. The van der Waals surface area contributed by atoms with Crippen LogP contribution < -0.4 is 5.43 Å². The number of rotatable bonds is 1. The van der Waals surface area contributed by atoms with E-state index >= 15 is 0 Å². The standard InChI is InChI=1S/C15H10ClNO/c16-13-9-17-14-11(10-5-2-1-3-6-10)7-4-8-12(14)15(13)18/h1-9H,(H,17,18). The number of hydrogen-bond donors (Lipinski definition) is 1. The first kappa shape index (κ1) is 11.1. The zero-order chi connectivity index (χ0) is 12.5. The number of aromatic amines is 1. The summed E-state index contributed by atoms with van der Waals surface area (Å²) < 4.78 is 0. The average Bonchev–Trinajstić information content (AvgIpc) is 2.43. The molecule has 1 N–H and O–H groups in total. The minimum absolute atomic E-state index is 0.136. The lowest BCUT2D eigenvalue weighted by Gasteiger charge is -2.06. The van der Waals surface area contributed by atoms with E-state index in [-0.39, 0.29) is 10.5 Å². The van der Waals surface area contributed by atoms with Crippen LogP contribution in [-0.4, -0.2) is 4.98 Å². The first-order valence-corrected chi connectivity index (χ1v) is 6.00. The summed E-state index contributed by atoms with van der Waals surface area (Å²) >= 11 is 5.84. The quantitative estimate of drug-likeness (QED) is 0.704. The highest BCUT2D eigenvalue weighted by atomic mass is 35.5. The molecule has 1 heterocycles. The van der Waals surface area contributed by atoms with Gasteiger partial charge in [0.25, 0.3) is 0 Å². The number of fused-ring (bicyclic) bond motifs is 1. The summed E-state index contributed by atoms with van der Waals surface area (Å²) in [5.41, 5.74) is 2.75. The van der Waals surface area contributed by atoms with Gasteiger partial charge in [-0.3, -0.25) is 4.79 Å². The van der Waals surface area contributed by atoms with Crippen molar-refractivity contribution >= 4 is 22.5 Å². The van der Waals surface area contributed by atoms with Crippen LogP contribution in [0.15, 0.2) is 59.5 Å². The molecule has 0 unspecified atom stereocenters. The predicted molar refractivity (Wildman–Crippen MR) is 75.0 cm³/mol. The highest BCUT2D eigenvalue weighted by Gasteiger charge is 2.07. The maximum Gasteiger partial charge on any atom is 0.207 e. The minimum Gasteiger partial charge on any atom is -0.359 e. The van der Waals surface area contributed by atoms with E-state index in [2.05, 4.69) is 4.98 Å². The maximum atomic E-state index is 12.0. The Morgan fingerprint density at radius 1 is 0.944 bits per heavy atom. The molecule has 0 amide bonds. The molecule has 88 valence electrons. The first-order chi connectivity index (χ1) is 8.77. The van der Waals surface area contributed by atoms with Crippen molar-refractivity contribution in [2.24, 2.45) is 0 Å². The zero-order valence-electron chi connectivity index (χ0n) is 9.48. The van der Waals surface area contributed by atoms with Crippen molar-refractivity contribution in [3.05, 3.63) is 70.0 Å². The molecule has 3 rings (SSSR count). The monoisotopic (exact) mass is 255 g/mol. The molecule has 0 aliphatic heterocycles. The summed E-state index contributed by atoms with van der Waals surface area (Å²) in [6, 6.07) is 15.6. The van der Waals surface area contributed by atoms with Gasteiger partial charge in [0.2, 0.25) is 5.43 Å². The van der Waals surface area contributed by atoms with E-state index in [9.17, 15) is 4.79 Å². The molecule has 18 heavy (non-hydrogen) atoms. The number of para-hydroxylation sites is 1. The summed E-state index contributed by atoms with van der Waals surface area (Å²) in [6.45, 7) is 0. The van der Waals surface area contributed by atoms with Crippen molar-refractivity contribution in [1.29, 1.82) is 0 Å². The second-order valence-corrected chi connectivity index (χ2v) is 4.47. The van der Waals surface area contributed by atoms with E-state index in [1.165, 1.54) is 0 Å². The lowest BCUT2D eigenvalue weighted by Crippen LogP contribution is -2.03. The highest BCUT2D eigenvalue weighted by molar-refractivity contribution is 6.31. The number of hydrogen-bond acceptors (Lipinski definition) is 1. The van der Waals surface area contributed by atoms with Gasteiger partial charge < -0.3 is 4.98 Å². The van der Waals surface area contributed by atoms with Crippen LogP contribution in [0.5, 0.6) is 0 Å². The van der Waals surface area contributed by atoms with Crippen molar-refractivity contribution in [3.8, 4) is 11.1 Å². The Kier molecular flexibility index (Phi) is 2.65. The molecule has 0 radical (unpaired) electrons. The van der Waals surface area contributed by atoms with Crippen molar-refractivity contribution < 1.29 is 0 Å². The van der Waals surface area contributed by atoms with Crippen LogP contribution in [0.1, 0.15) is 0 Å². The Morgan fingerprint density at radius 2 is 1.72 bits per heavy atom. The minimum atomic E-state index is -0.136. The maximum absolute atomic E-state index is 12.0. The molecule has 0 saturated carbocycles. The van der Waals surface area contributed by atoms with Gasteiger partial charge >= 0.3 is 0 Å². The fourth-order valence-electron chi connectivity index (χ4n) is 2.09. The topological polar surface area (TPSA) is 32.9 Å². The third-order valence-corrected chi connectivity index (χ3v) is 3.23. The Morgan fingerprint density at radius 3 is 2.50 bits per heavy atom. The van der Waals surface area contributed by atoms with Crippen LogP contribution in [-0.2, 0) is 0 Å². The summed E-state index contributed by atoms with van der Waals surface area (Å²) in [5.74, 6) is 0. The van der Waals surface area contributed by atoms with E-state index in [0.717, 1.165) is 16.6 Å². The van der Waals surface area contributed by atoms with Crippen LogP contribution in [0.4, 0.5) is 0 Å². The summed E-state index contributed by atoms with van der Waals surface area (Å²) in [4.78, 5) is 15.1. The molecule has 3 heteroatoms. The highest BCUT2D eigenvalue weighted by Crippen LogP contribution is 2.25. The molecular formula is C15H10ClNO. The molecule has 0 bridgehead atoms. The molecule has 2 aromatic carbocycles. The average molecular weight is 256 g/mol. The number of benzene rings is 2. The molecule has 0 saturated heterocycles. The number of pyridine rings is 1. The van der Waals surface area contributed by atoms with Crippen LogP contribution in [0.25, 0.3) is 22.0 Å². The van der Waals surface area contributed by atoms with E-state index < -0.39 is 0 Å². The molecule has 3 aromatic rings. The van der Waals surface area contributed by atoms with Gasteiger partial charge in [-0.2, -0.15) is 0 Å². The summed E-state index contributed by atoms with van der Waals surface area (Å²) in [6.07, 6.45) is 1.54. The molecule has 0 atom stereocenters. The Bertz CT molecular complexity index is 762. The second-order valence-electron chi connectivity index (χ2n) is 4.06. The molecule has 1 aromatic heterocycles. The fraction of sp³-hybridized carbons (Fsp3) is 0. The lowest BCUT2D eigenvalue weighted by atomic mass is 10.0. The molecule has 0 aliphatic rings. The van der Waals surface area contributed by atoms with Crippen LogP contribution in [0.3, 0.4) is 0 Å². The van der Waals surface area contributed by atoms with Gasteiger partial charge in [-0.05, 0) is 11.6 Å². The van der Waals surface area contributed by atoms with Gasteiger partial charge in [-0.25, -0.2) is 0 Å². The van der Waals surface area contributed by atoms with E-state index in [0.29, 0.717) is 5.39 Å². The molecule has 2 nitrogen and oxygen atoms in total. The molecule has 0 spiro atoms. The molecule has 0 fully saturated rings. The largest absolute Gasteiger partial charge is 0.359 e. The SMILES string of the molecule is O=c1c(Cl)c[nH]c2c(-c3ccccc3)cccc12. The Balaban J connectivity index is 2.39. The number of aromatic nitrogens is 1. The van der Waals surface area contributed by atoms with Gasteiger partial charge in [0.05, 0.1) is 5.52 Å². The third kappa shape index (κ3) is 1.71. The van der Waals surface area contributed by atoms with Crippen molar-refractivity contribution in [3.63, 3.8) is 0 Å². The summed E-state index contributed by atoms with van der Waals surface area (Å²) in [5, 5.41) is 0.830. The van der Waals surface area contributed by atoms with E-state index in [1.807, 2.05) is 42.5 Å². The van der Waals surface area contributed by atoms with Crippen molar-refractivity contribution in [1.82, 2.24) is 4.98 Å². The number of H-pyrrole nitrogens is 1. The predicted octanol–water partition coefficient (Wildman–Crippen LogP) is 3.85. The van der Waals surface area contributed by atoms with Gasteiger partial charge in [-0.1, -0.05) is 54.1 Å².